The second kappa shape index (κ2) is 7.19. The van der Waals surface area contributed by atoms with Crippen molar-refractivity contribution in [3.05, 3.63) is 17.0 Å². The van der Waals surface area contributed by atoms with E-state index < -0.39 is 0 Å². The van der Waals surface area contributed by atoms with E-state index >= 15 is 0 Å². The molecule has 0 saturated heterocycles. The molecule has 1 aromatic rings. The molecule has 0 aliphatic carbocycles. The van der Waals surface area contributed by atoms with E-state index in [0.717, 1.165) is 24.6 Å². The summed E-state index contributed by atoms with van der Waals surface area (Å²) in [5.74, 6) is 3.95. The lowest BCUT2D eigenvalue weighted by atomic mass is 9.96. The Morgan fingerprint density at radius 1 is 1.33 bits per heavy atom. The summed E-state index contributed by atoms with van der Waals surface area (Å²) < 4.78 is 0. The highest BCUT2D eigenvalue weighted by Crippen LogP contribution is 2.22. The zero-order valence-electron chi connectivity index (χ0n) is 11.6. The topological polar surface area (TPSA) is 37.8 Å². The Morgan fingerprint density at radius 2 is 2.06 bits per heavy atom. The number of anilines is 1. The zero-order valence-corrected chi connectivity index (χ0v) is 13.2. The molecule has 0 aliphatic rings. The van der Waals surface area contributed by atoms with E-state index in [2.05, 4.69) is 43.0 Å². The summed E-state index contributed by atoms with van der Waals surface area (Å²) >= 11 is 7.98. The number of aromatic nitrogens is 2. The van der Waals surface area contributed by atoms with Crippen molar-refractivity contribution in [3.8, 4) is 0 Å². The fourth-order valence-electron chi connectivity index (χ4n) is 1.38. The summed E-state index contributed by atoms with van der Waals surface area (Å²) in [5.41, 5.74) is -0.0839. The number of nitrogens with one attached hydrogen (secondary N) is 1. The molecule has 102 valence electrons. The van der Waals surface area contributed by atoms with Crippen LogP contribution < -0.4 is 5.32 Å². The van der Waals surface area contributed by atoms with Gasteiger partial charge in [0.1, 0.15) is 16.8 Å². The summed E-state index contributed by atoms with van der Waals surface area (Å²) in [7, 11) is 0. The van der Waals surface area contributed by atoms with Crippen molar-refractivity contribution in [2.45, 2.75) is 39.5 Å². The molecule has 0 atom stereocenters. The molecule has 0 fully saturated rings. The quantitative estimate of drug-likeness (QED) is 0.634. The van der Waals surface area contributed by atoms with Gasteiger partial charge in [0, 0.05) is 18.0 Å². The van der Waals surface area contributed by atoms with Crippen LogP contribution in [0.2, 0.25) is 5.15 Å². The minimum atomic E-state index is -0.0839. The van der Waals surface area contributed by atoms with Gasteiger partial charge in [-0.25, -0.2) is 9.97 Å². The molecule has 18 heavy (non-hydrogen) atoms. The van der Waals surface area contributed by atoms with Crippen LogP contribution in [0.15, 0.2) is 6.07 Å². The average molecular weight is 288 g/mol. The maximum atomic E-state index is 6.02. The minimum Gasteiger partial charge on any atom is -0.370 e. The van der Waals surface area contributed by atoms with Gasteiger partial charge >= 0.3 is 0 Å². The van der Waals surface area contributed by atoms with E-state index in [1.165, 1.54) is 11.5 Å². The number of thioether (sulfide) groups is 1. The highest BCUT2D eigenvalue weighted by Gasteiger charge is 2.18. The Labute approximate surface area is 119 Å². The molecule has 0 radical (unpaired) electrons. The molecule has 1 heterocycles. The van der Waals surface area contributed by atoms with Crippen molar-refractivity contribution in [3.63, 3.8) is 0 Å². The van der Waals surface area contributed by atoms with Crippen LogP contribution in [0.25, 0.3) is 0 Å². The van der Waals surface area contributed by atoms with Crippen molar-refractivity contribution in [1.82, 2.24) is 9.97 Å². The van der Waals surface area contributed by atoms with Crippen LogP contribution in [0.4, 0.5) is 5.82 Å². The van der Waals surface area contributed by atoms with Crippen molar-refractivity contribution >= 4 is 29.2 Å². The molecule has 0 saturated carbocycles. The second-order valence-electron chi connectivity index (χ2n) is 5.13. The lowest BCUT2D eigenvalue weighted by Gasteiger charge is -2.17. The van der Waals surface area contributed by atoms with Gasteiger partial charge in [0.05, 0.1) is 0 Å². The molecule has 0 bridgehead atoms. The first-order chi connectivity index (χ1) is 8.43. The lowest BCUT2D eigenvalue weighted by molar-refractivity contribution is 0.546. The Hall–Kier alpha value is -0.480. The first-order valence-corrected chi connectivity index (χ1v) is 7.83. The van der Waals surface area contributed by atoms with E-state index in [1.54, 1.807) is 6.07 Å². The molecule has 3 nitrogen and oxygen atoms in total. The molecule has 0 amide bonds. The van der Waals surface area contributed by atoms with Crippen LogP contribution in [0, 0.1) is 0 Å². The van der Waals surface area contributed by atoms with Crippen molar-refractivity contribution in [2.75, 3.05) is 23.4 Å². The summed E-state index contributed by atoms with van der Waals surface area (Å²) in [6, 6.07) is 1.78. The van der Waals surface area contributed by atoms with Gasteiger partial charge in [-0.15, -0.1) is 0 Å². The third-order valence-electron chi connectivity index (χ3n) is 2.34. The zero-order chi connectivity index (χ0) is 13.6. The number of halogens is 1. The summed E-state index contributed by atoms with van der Waals surface area (Å²) in [6.45, 7) is 9.35. The Kier molecular flexibility index (Phi) is 6.22. The van der Waals surface area contributed by atoms with E-state index in [0.29, 0.717) is 5.15 Å². The first-order valence-electron chi connectivity index (χ1n) is 6.30. The minimum absolute atomic E-state index is 0.0839. The maximum Gasteiger partial charge on any atom is 0.137 e. The molecular formula is C13H22ClN3S. The van der Waals surface area contributed by atoms with Crippen molar-refractivity contribution in [1.29, 1.82) is 0 Å². The number of rotatable bonds is 6. The maximum absolute atomic E-state index is 6.02. The smallest absolute Gasteiger partial charge is 0.137 e. The van der Waals surface area contributed by atoms with Crippen molar-refractivity contribution in [2.24, 2.45) is 0 Å². The predicted molar refractivity (Wildman–Crippen MR) is 81.8 cm³/mol. The molecule has 1 N–H and O–H groups in total. The van der Waals surface area contributed by atoms with Crippen LogP contribution in [-0.2, 0) is 5.41 Å². The largest absolute Gasteiger partial charge is 0.370 e. The van der Waals surface area contributed by atoms with Crippen LogP contribution in [-0.4, -0.2) is 28.0 Å². The normalized spacial score (nSPS) is 11.6. The predicted octanol–water partition coefficient (Wildman–Crippen LogP) is 3.98. The molecule has 0 unspecified atom stereocenters. The fourth-order valence-corrected chi connectivity index (χ4v) is 2.20. The highest BCUT2D eigenvalue weighted by molar-refractivity contribution is 7.99. The Balaban J connectivity index is 2.58. The number of nitrogens with zero attached hydrogens (tertiary/aromatic N) is 2. The Morgan fingerprint density at radius 3 is 2.67 bits per heavy atom. The molecule has 5 heteroatoms. The first kappa shape index (κ1) is 15.6. The van der Waals surface area contributed by atoms with Gasteiger partial charge in [0.2, 0.25) is 0 Å². The fraction of sp³-hybridized carbons (Fsp3) is 0.692. The highest BCUT2D eigenvalue weighted by atomic mass is 35.5. The van der Waals surface area contributed by atoms with E-state index in [4.69, 9.17) is 11.6 Å². The van der Waals surface area contributed by atoms with Gasteiger partial charge < -0.3 is 5.32 Å². The molecule has 0 aliphatic heterocycles. The van der Waals surface area contributed by atoms with Crippen LogP contribution >= 0.6 is 23.4 Å². The molecular weight excluding hydrogens is 266 g/mol. The summed E-state index contributed by atoms with van der Waals surface area (Å²) in [5, 5.41) is 3.81. The summed E-state index contributed by atoms with van der Waals surface area (Å²) in [6.07, 6.45) is 1.13. The SMILES string of the molecule is CCSCCCNc1cc(Cl)nc(C(C)(C)C)n1. The monoisotopic (exact) mass is 287 g/mol. The average Bonchev–Trinajstić information content (AvgIpc) is 2.27. The molecule has 1 rings (SSSR count). The molecule has 0 spiro atoms. The van der Waals surface area contributed by atoms with Gasteiger partial charge in [-0.05, 0) is 17.9 Å². The van der Waals surface area contributed by atoms with Gasteiger partial charge in [0.15, 0.2) is 0 Å². The van der Waals surface area contributed by atoms with Gasteiger partial charge in [-0.3, -0.25) is 0 Å². The standard InChI is InChI=1S/C13H22ClN3S/c1-5-18-8-6-7-15-11-9-10(14)16-12(17-11)13(2,3)4/h9H,5-8H2,1-4H3,(H,15,16,17). The van der Waals surface area contributed by atoms with E-state index in [1.807, 2.05) is 11.8 Å². The lowest BCUT2D eigenvalue weighted by Crippen LogP contribution is -2.17. The van der Waals surface area contributed by atoms with Crippen LogP contribution in [0.3, 0.4) is 0 Å². The van der Waals surface area contributed by atoms with Crippen LogP contribution in [0.1, 0.15) is 39.9 Å². The van der Waals surface area contributed by atoms with E-state index in [9.17, 15) is 0 Å². The Bertz CT molecular complexity index is 377. The van der Waals surface area contributed by atoms with Gasteiger partial charge in [-0.1, -0.05) is 39.3 Å². The van der Waals surface area contributed by atoms with Crippen LogP contribution in [0.5, 0.6) is 0 Å². The number of hydrogen-bond acceptors (Lipinski definition) is 4. The second-order valence-corrected chi connectivity index (χ2v) is 6.91. The third-order valence-corrected chi connectivity index (χ3v) is 3.52. The van der Waals surface area contributed by atoms with Gasteiger partial charge in [-0.2, -0.15) is 11.8 Å². The molecule has 0 aromatic carbocycles. The third kappa shape index (κ3) is 5.44. The molecule has 1 aromatic heterocycles. The summed E-state index contributed by atoms with van der Waals surface area (Å²) in [4.78, 5) is 8.78. The van der Waals surface area contributed by atoms with Crippen molar-refractivity contribution < 1.29 is 0 Å². The van der Waals surface area contributed by atoms with Gasteiger partial charge in [0.25, 0.3) is 0 Å². The van der Waals surface area contributed by atoms with E-state index in [-0.39, 0.29) is 5.41 Å². The number of hydrogen-bond donors (Lipinski definition) is 1.